The number of amides is 1. The second kappa shape index (κ2) is 11.5. The maximum atomic E-state index is 14.6. The molecule has 1 saturated heterocycles. The minimum atomic E-state index is -0.629. The summed E-state index contributed by atoms with van der Waals surface area (Å²) >= 11 is 0. The smallest absolute Gasteiger partial charge is 0.319 e. The van der Waals surface area contributed by atoms with Crippen LogP contribution in [0.4, 0.5) is 4.39 Å². The van der Waals surface area contributed by atoms with Gasteiger partial charge < -0.3 is 15.4 Å². The Bertz CT molecular complexity index is 1040. The Morgan fingerprint density at radius 1 is 1.06 bits per heavy atom. The number of benzene rings is 2. The molecule has 0 bridgehead atoms. The van der Waals surface area contributed by atoms with Gasteiger partial charge in [0.15, 0.2) is 0 Å². The van der Waals surface area contributed by atoms with E-state index in [4.69, 9.17) is 4.74 Å². The average molecular weight is 450 g/mol. The highest BCUT2D eigenvalue weighted by atomic mass is 19.1. The van der Waals surface area contributed by atoms with E-state index < -0.39 is 5.95 Å². The molecule has 1 aromatic heterocycles. The fourth-order valence-corrected chi connectivity index (χ4v) is 3.66. The molecule has 3 aromatic rings. The molecule has 0 radical (unpaired) electrons. The summed E-state index contributed by atoms with van der Waals surface area (Å²) in [5, 5.41) is 6.21. The minimum Gasteiger partial charge on any atom is -0.462 e. The van der Waals surface area contributed by atoms with Gasteiger partial charge in [-0.25, -0.2) is 4.98 Å². The standard InChI is InChI=1S/C25H28FN5O2/c26-24-22(18-29-25(30-24)33-15-14-31-12-10-27-11-13-31)21-8-6-19(7-9-21)16-23(32)28-17-20-4-2-1-3-5-20/h1-9,18,27H,10-17H2,(H,28,32). The fourth-order valence-electron chi connectivity index (χ4n) is 3.66. The van der Waals surface area contributed by atoms with E-state index in [1.165, 1.54) is 6.20 Å². The van der Waals surface area contributed by atoms with Crippen LogP contribution in [-0.4, -0.2) is 60.1 Å². The Hall–Kier alpha value is -3.36. The van der Waals surface area contributed by atoms with E-state index in [-0.39, 0.29) is 18.3 Å². The van der Waals surface area contributed by atoms with Crippen LogP contribution in [0.5, 0.6) is 6.01 Å². The fraction of sp³-hybridized carbons (Fsp3) is 0.320. The van der Waals surface area contributed by atoms with Crippen LogP contribution in [0.3, 0.4) is 0 Å². The monoisotopic (exact) mass is 449 g/mol. The maximum absolute atomic E-state index is 14.6. The van der Waals surface area contributed by atoms with Gasteiger partial charge in [0.05, 0.1) is 12.0 Å². The molecule has 1 amide bonds. The summed E-state index contributed by atoms with van der Waals surface area (Å²) in [7, 11) is 0. The predicted octanol–water partition coefficient (Wildman–Crippen LogP) is 2.43. The zero-order valence-electron chi connectivity index (χ0n) is 18.5. The first-order valence-corrected chi connectivity index (χ1v) is 11.2. The molecule has 0 atom stereocenters. The molecule has 8 heteroatoms. The van der Waals surface area contributed by atoms with Gasteiger partial charge in [0.1, 0.15) is 6.61 Å². The van der Waals surface area contributed by atoms with Gasteiger partial charge in [-0.15, -0.1) is 0 Å². The van der Waals surface area contributed by atoms with Crippen molar-refractivity contribution < 1.29 is 13.9 Å². The van der Waals surface area contributed by atoms with Crippen molar-refractivity contribution in [3.8, 4) is 17.1 Å². The second-order valence-corrected chi connectivity index (χ2v) is 7.93. The Morgan fingerprint density at radius 3 is 2.55 bits per heavy atom. The van der Waals surface area contributed by atoms with Gasteiger partial charge in [-0.05, 0) is 16.7 Å². The van der Waals surface area contributed by atoms with Gasteiger partial charge in [-0.2, -0.15) is 9.37 Å². The molecule has 2 heterocycles. The van der Waals surface area contributed by atoms with Crippen molar-refractivity contribution in [3.05, 3.63) is 77.9 Å². The molecule has 4 rings (SSSR count). The molecule has 0 aliphatic carbocycles. The van der Waals surface area contributed by atoms with E-state index in [0.29, 0.717) is 24.3 Å². The van der Waals surface area contributed by atoms with Crippen molar-refractivity contribution in [3.63, 3.8) is 0 Å². The van der Waals surface area contributed by atoms with E-state index in [1.807, 2.05) is 42.5 Å². The lowest BCUT2D eigenvalue weighted by atomic mass is 10.0. The molecule has 1 aliphatic rings. The number of piperazine rings is 1. The van der Waals surface area contributed by atoms with Crippen molar-refractivity contribution >= 4 is 5.91 Å². The SMILES string of the molecule is O=C(Cc1ccc(-c2cnc(OCCN3CCNCC3)nc2F)cc1)NCc1ccccc1. The molecular weight excluding hydrogens is 421 g/mol. The molecule has 7 nitrogen and oxygen atoms in total. The Balaban J connectivity index is 1.28. The highest BCUT2D eigenvalue weighted by molar-refractivity contribution is 5.78. The highest BCUT2D eigenvalue weighted by Crippen LogP contribution is 2.23. The minimum absolute atomic E-state index is 0.0399. The number of hydrogen-bond acceptors (Lipinski definition) is 6. The van der Waals surface area contributed by atoms with Gasteiger partial charge in [0.25, 0.3) is 0 Å². The van der Waals surface area contributed by atoms with E-state index in [1.54, 1.807) is 12.1 Å². The maximum Gasteiger partial charge on any atom is 0.319 e. The Labute approximate surface area is 193 Å². The number of nitrogens with one attached hydrogen (secondary N) is 2. The lowest BCUT2D eigenvalue weighted by Crippen LogP contribution is -2.44. The summed E-state index contributed by atoms with van der Waals surface area (Å²) in [5.41, 5.74) is 2.84. The first-order valence-electron chi connectivity index (χ1n) is 11.2. The Morgan fingerprint density at radius 2 is 1.82 bits per heavy atom. The van der Waals surface area contributed by atoms with Crippen LogP contribution < -0.4 is 15.4 Å². The van der Waals surface area contributed by atoms with Gasteiger partial charge in [0, 0.05) is 45.5 Å². The van der Waals surface area contributed by atoms with Gasteiger partial charge >= 0.3 is 6.01 Å². The lowest BCUT2D eigenvalue weighted by Gasteiger charge is -2.26. The summed E-state index contributed by atoms with van der Waals surface area (Å²) < 4.78 is 20.1. The van der Waals surface area contributed by atoms with E-state index in [2.05, 4.69) is 25.5 Å². The first-order chi connectivity index (χ1) is 16.2. The van der Waals surface area contributed by atoms with Crippen LogP contribution in [0.15, 0.2) is 60.8 Å². The van der Waals surface area contributed by atoms with E-state index >= 15 is 0 Å². The summed E-state index contributed by atoms with van der Waals surface area (Å²) in [6.07, 6.45) is 1.69. The van der Waals surface area contributed by atoms with Crippen LogP contribution >= 0.6 is 0 Å². The van der Waals surface area contributed by atoms with Crippen LogP contribution in [0.25, 0.3) is 11.1 Å². The number of halogens is 1. The van der Waals surface area contributed by atoms with Crippen LogP contribution in [0.2, 0.25) is 0 Å². The molecule has 0 saturated carbocycles. The molecule has 0 spiro atoms. The quantitative estimate of drug-likeness (QED) is 0.489. The van der Waals surface area contributed by atoms with E-state index in [9.17, 15) is 9.18 Å². The zero-order valence-corrected chi connectivity index (χ0v) is 18.5. The predicted molar refractivity (Wildman–Crippen MR) is 124 cm³/mol. The molecule has 172 valence electrons. The summed E-state index contributed by atoms with van der Waals surface area (Å²) in [6, 6.07) is 17.0. The van der Waals surface area contributed by atoms with Gasteiger partial charge in [-0.1, -0.05) is 54.6 Å². The number of rotatable bonds is 9. The third kappa shape index (κ3) is 6.81. The van der Waals surface area contributed by atoms with Crippen LogP contribution in [0, 0.1) is 5.95 Å². The normalized spacial score (nSPS) is 14.1. The molecule has 0 unspecified atom stereocenters. The second-order valence-electron chi connectivity index (χ2n) is 7.93. The Kier molecular flexibility index (Phi) is 7.94. The van der Waals surface area contributed by atoms with Crippen molar-refractivity contribution in [2.45, 2.75) is 13.0 Å². The number of carbonyl (C=O) groups is 1. The molecular formula is C25H28FN5O2. The first kappa shape index (κ1) is 22.8. The van der Waals surface area contributed by atoms with Gasteiger partial charge in [0.2, 0.25) is 11.9 Å². The molecule has 2 N–H and O–H groups in total. The molecule has 2 aromatic carbocycles. The van der Waals surface area contributed by atoms with Crippen molar-refractivity contribution in [1.29, 1.82) is 0 Å². The summed E-state index contributed by atoms with van der Waals surface area (Å²) in [6.45, 7) is 5.55. The van der Waals surface area contributed by atoms with Crippen LogP contribution in [0.1, 0.15) is 11.1 Å². The number of carbonyl (C=O) groups excluding carboxylic acids is 1. The summed E-state index contributed by atoms with van der Waals surface area (Å²) in [5.74, 6) is -0.695. The largest absolute Gasteiger partial charge is 0.462 e. The molecule has 1 aliphatic heterocycles. The molecule has 33 heavy (non-hydrogen) atoms. The van der Waals surface area contributed by atoms with Crippen LogP contribution in [-0.2, 0) is 17.8 Å². The highest BCUT2D eigenvalue weighted by Gasteiger charge is 2.13. The van der Waals surface area contributed by atoms with Crippen molar-refractivity contribution in [1.82, 2.24) is 25.5 Å². The van der Waals surface area contributed by atoms with Crippen molar-refractivity contribution in [2.24, 2.45) is 0 Å². The number of hydrogen-bond donors (Lipinski definition) is 2. The number of ether oxygens (including phenoxy) is 1. The van der Waals surface area contributed by atoms with Gasteiger partial charge in [-0.3, -0.25) is 9.69 Å². The zero-order chi connectivity index (χ0) is 22.9. The third-order valence-corrected chi connectivity index (χ3v) is 5.53. The number of aromatic nitrogens is 2. The third-order valence-electron chi connectivity index (χ3n) is 5.53. The van der Waals surface area contributed by atoms with Crippen molar-refractivity contribution in [2.75, 3.05) is 39.3 Å². The molecule has 1 fully saturated rings. The summed E-state index contributed by atoms with van der Waals surface area (Å²) in [4.78, 5) is 22.5. The topological polar surface area (TPSA) is 79.4 Å². The average Bonchev–Trinajstić information content (AvgIpc) is 2.85. The lowest BCUT2D eigenvalue weighted by molar-refractivity contribution is -0.120. The number of nitrogens with zero attached hydrogens (tertiary/aromatic N) is 3. The van der Waals surface area contributed by atoms with E-state index in [0.717, 1.165) is 43.9 Å².